The Kier molecular flexibility index (Phi) is 1.88. The summed E-state index contributed by atoms with van der Waals surface area (Å²) in [4.78, 5) is 0. The van der Waals surface area contributed by atoms with Gasteiger partial charge >= 0.3 is 0 Å². The topological polar surface area (TPSA) is 30.5 Å². The second-order valence-corrected chi connectivity index (χ2v) is 2.83. The molecular weight excluding hydrogens is 130 g/mol. The van der Waals surface area contributed by atoms with Gasteiger partial charge in [-0.2, -0.15) is 0 Å². The highest BCUT2D eigenvalue weighted by Gasteiger charge is 2.28. The largest absolute Gasteiger partial charge is 0.380 e. The minimum absolute atomic E-state index is 0.419. The Bertz CT molecular complexity index is 92.2. The lowest BCUT2D eigenvalue weighted by Crippen LogP contribution is -2.53. The summed E-state index contributed by atoms with van der Waals surface area (Å²) in [6, 6.07) is 0.461. The van der Waals surface area contributed by atoms with E-state index in [-0.39, 0.29) is 0 Å². The Morgan fingerprint density at radius 1 is 1.30 bits per heavy atom. The highest BCUT2D eigenvalue weighted by Crippen LogP contribution is 2.13. The quantitative estimate of drug-likeness (QED) is 0.508. The summed E-state index contributed by atoms with van der Waals surface area (Å²) in [6.07, 6.45) is 1.47. The summed E-state index contributed by atoms with van der Waals surface area (Å²) in [5.41, 5.74) is 0. The molecule has 0 saturated carbocycles. The molecule has 0 aromatic heterocycles. The second-order valence-electron chi connectivity index (χ2n) is 2.83. The van der Waals surface area contributed by atoms with Crippen molar-refractivity contribution < 1.29 is 9.47 Å². The number of fused-ring (bicyclic) bond motifs is 1. The van der Waals surface area contributed by atoms with E-state index in [9.17, 15) is 0 Å². The lowest BCUT2D eigenvalue weighted by Gasteiger charge is -2.35. The number of hydrogen-bond donors (Lipinski definition) is 1. The van der Waals surface area contributed by atoms with E-state index in [1.54, 1.807) is 0 Å². The Morgan fingerprint density at radius 3 is 3.20 bits per heavy atom. The molecule has 2 saturated heterocycles. The maximum Gasteiger partial charge on any atom is 0.0773 e. The van der Waals surface area contributed by atoms with Gasteiger partial charge in [-0.25, -0.2) is 0 Å². The maximum absolute atomic E-state index is 5.54. The van der Waals surface area contributed by atoms with Gasteiger partial charge in [0.1, 0.15) is 0 Å². The number of nitrogens with one attached hydrogen (secondary N) is 1. The van der Waals surface area contributed by atoms with Crippen molar-refractivity contribution in [2.24, 2.45) is 0 Å². The molecule has 2 rings (SSSR count). The normalized spacial score (nSPS) is 40.8. The molecule has 3 heteroatoms. The Hall–Kier alpha value is -0.120. The molecule has 0 aromatic carbocycles. The molecule has 0 aromatic rings. The van der Waals surface area contributed by atoms with Crippen LogP contribution in [0.15, 0.2) is 0 Å². The fourth-order valence-corrected chi connectivity index (χ4v) is 1.56. The zero-order chi connectivity index (χ0) is 6.81. The van der Waals surface area contributed by atoms with E-state index in [1.165, 1.54) is 0 Å². The lowest BCUT2D eigenvalue weighted by molar-refractivity contribution is -0.0780. The van der Waals surface area contributed by atoms with Crippen LogP contribution in [0, 0.1) is 0 Å². The Morgan fingerprint density at radius 2 is 2.30 bits per heavy atom. The Labute approximate surface area is 60.7 Å². The highest BCUT2D eigenvalue weighted by atomic mass is 16.5. The minimum atomic E-state index is 0.419. The molecular formula is C7H13NO2. The predicted molar refractivity (Wildman–Crippen MR) is 37.0 cm³/mol. The molecule has 0 unspecified atom stereocenters. The van der Waals surface area contributed by atoms with Gasteiger partial charge in [-0.3, -0.25) is 0 Å². The molecule has 0 aliphatic carbocycles. The van der Waals surface area contributed by atoms with Crippen molar-refractivity contribution in [1.29, 1.82) is 0 Å². The standard InChI is InChI=1S/C7H13NO2/c1-3-9-5-6-7(1)10-4-2-8-6/h6-8H,1-5H2/t6-,7-/m1/s1. The Balaban J connectivity index is 1.93. The lowest BCUT2D eigenvalue weighted by atomic mass is 10.1. The van der Waals surface area contributed by atoms with Crippen molar-refractivity contribution in [3.63, 3.8) is 0 Å². The first-order valence-corrected chi connectivity index (χ1v) is 3.89. The summed E-state index contributed by atoms with van der Waals surface area (Å²) < 4.78 is 10.8. The summed E-state index contributed by atoms with van der Waals surface area (Å²) in [5.74, 6) is 0. The van der Waals surface area contributed by atoms with Crippen LogP contribution >= 0.6 is 0 Å². The van der Waals surface area contributed by atoms with Crippen molar-refractivity contribution >= 4 is 0 Å². The van der Waals surface area contributed by atoms with Gasteiger partial charge in [0.25, 0.3) is 0 Å². The van der Waals surface area contributed by atoms with Crippen molar-refractivity contribution in [1.82, 2.24) is 5.32 Å². The average Bonchev–Trinajstić information content (AvgIpc) is 2.05. The molecule has 3 nitrogen and oxygen atoms in total. The van der Waals surface area contributed by atoms with Gasteiger partial charge < -0.3 is 14.8 Å². The fraction of sp³-hybridized carbons (Fsp3) is 1.00. The van der Waals surface area contributed by atoms with Gasteiger partial charge in [-0.15, -0.1) is 0 Å². The molecule has 2 aliphatic heterocycles. The van der Waals surface area contributed by atoms with E-state index in [0.29, 0.717) is 12.1 Å². The third-order valence-corrected chi connectivity index (χ3v) is 2.13. The van der Waals surface area contributed by atoms with E-state index < -0.39 is 0 Å². The van der Waals surface area contributed by atoms with Gasteiger partial charge in [0.15, 0.2) is 0 Å². The SMILES string of the molecule is C1CO[C@@H]2CCOC[C@H]2N1. The summed E-state index contributed by atoms with van der Waals surface area (Å²) in [7, 11) is 0. The monoisotopic (exact) mass is 143 g/mol. The molecule has 0 bridgehead atoms. The van der Waals surface area contributed by atoms with E-state index >= 15 is 0 Å². The first kappa shape index (κ1) is 6.58. The minimum Gasteiger partial charge on any atom is -0.380 e. The van der Waals surface area contributed by atoms with Crippen LogP contribution in [0.2, 0.25) is 0 Å². The third-order valence-electron chi connectivity index (χ3n) is 2.13. The molecule has 2 fully saturated rings. The van der Waals surface area contributed by atoms with Crippen LogP contribution < -0.4 is 5.32 Å². The highest BCUT2D eigenvalue weighted by molar-refractivity contribution is 4.83. The number of hydrogen-bond acceptors (Lipinski definition) is 3. The number of morpholine rings is 1. The zero-order valence-electron chi connectivity index (χ0n) is 6.01. The first-order chi connectivity index (χ1) is 4.97. The van der Waals surface area contributed by atoms with E-state index in [2.05, 4.69) is 5.32 Å². The number of rotatable bonds is 0. The van der Waals surface area contributed by atoms with Crippen LogP contribution in [0.25, 0.3) is 0 Å². The van der Waals surface area contributed by atoms with Crippen LogP contribution in [-0.2, 0) is 9.47 Å². The molecule has 2 aliphatic rings. The van der Waals surface area contributed by atoms with Gasteiger partial charge in [0.2, 0.25) is 0 Å². The average molecular weight is 143 g/mol. The summed E-state index contributed by atoms with van der Waals surface area (Å²) >= 11 is 0. The van der Waals surface area contributed by atoms with Gasteiger partial charge in [0.05, 0.1) is 25.4 Å². The molecule has 10 heavy (non-hydrogen) atoms. The van der Waals surface area contributed by atoms with Crippen molar-refractivity contribution in [2.45, 2.75) is 18.6 Å². The van der Waals surface area contributed by atoms with Crippen LogP contribution in [0.1, 0.15) is 6.42 Å². The van der Waals surface area contributed by atoms with Crippen LogP contribution in [0.4, 0.5) is 0 Å². The van der Waals surface area contributed by atoms with E-state index in [0.717, 1.165) is 32.8 Å². The predicted octanol–water partition coefficient (Wildman–Crippen LogP) is -0.236. The first-order valence-electron chi connectivity index (χ1n) is 3.89. The molecule has 0 amide bonds. The van der Waals surface area contributed by atoms with Crippen molar-refractivity contribution in [2.75, 3.05) is 26.4 Å². The smallest absolute Gasteiger partial charge is 0.0773 e. The zero-order valence-corrected chi connectivity index (χ0v) is 6.01. The van der Waals surface area contributed by atoms with E-state index in [4.69, 9.17) is 9.47 Å². The molecule has 0 radical (unpaired) electrons. The second kappa shape index (κ2) is 2.86. The molecule has 0 spiro atoms. The maximum atomic E-state index is 5.54. The molecule has 2 atom stereocenters. The van der Waals surface area contributed by atoms with Crippen LogP contribution in [0.5, 0.6) is 0 Å². The number of ether oxygens (including phenoxy) is 2. The van der Waals surface area contributed by atoms with E-state index in [1.807, 2.05) is 0 Å². The molecule has 2 heterocycles. The van der Waals surface area contributed by atoms with Gasteiger partial charge in [-0.05, 0) is 6.42 Å². The fourth-order valence-electron chi connectivity index (χ4n) is 1.56. The van der Waals surface area contributed by atoms with Crippen molar-refractivity contribution in [3.8, 4) is 0 Å². The summed E-state index contributed by atoms with van der Waals surface area (Å²) in [5, 5.41) is 3.37. The van der Waals surface area contributed by atoms with Crippen LogP contribution in [0.3, 0.4) is 0 Å². The van der Waals surface area contributed by atoms with Gasteiger partial charge in [-0.1, -0.05) is 0 Å². The summed E-state index contributed by atoms with van der Waals surface area (Å²) in [6.45, 7) is 3.53. The van der Waals surface area contributed by atoms with Crippen LogP contribution in [-0.4, -0.2) is 38.5 Å². The third kappa shape index (κ3) is 1.17. The molecule has 58 valence electrons. The van der Waals surface area contributed by atoms with Crippen molar-refractivity contribution in [3.05, 3.63) is 0 Å². The van der Waals surface area contributed by atoms with Gasteiger partial charge in [0, 0.05) is 13.2 Å². The molecule has 1 N–H and O–H groups in total.